The smallest absolute Gasteiger partial charge is 0.324 e. The molecule has 4 aromatic rings. The largest absolute Gasteiger partial charge is 0.332 e. The molecule has 0 fully saturated rings. The molecule has 0 aliphatic rings. The topological polar surface area (TPSA) is 90.9 Å². The molecule has 1 N–H and O–H groups in total. The summed E-state index contributed by atoms with van der Waals surface area (Å²) in [7, 11) is 2.87. The number of fused-ring (bicyclic) bond motifs is 1. The number of hydrogen-bond acceptors (Lipinski definition) is 5. The van der Waals surface area contributed by atoms with Gasteiger partial charge in [0.25, 0.3) is 5.56 Å². The lowest BCUT2D eigenvalue weighted by Gasteiger charge is -2.12. The van der Waals surface area contributed by atoms with Gasteiger partial charge >= 0.3 is 5.69 Å². The van der Waals surface area contributed by atoms with E-state index in [0.717, 1.165) is 15.2 Å². The lowest BCUT2D eigenvalue weighted by atomic mass is 10.2. The number of imidazole rings is 1. The van der Waals surface area contributed by atoms with Crippen molar-refractivity contribution in [2.45, 2.75) is 17.2 Å². The molecule has 8 nitrogen and oxygen atoms in total. The third-order valence-corrected chi connectivity index (χ3v) is 6.43. The van der Waals surface area contributed by atoms with Gasteiger partial charge in [-0.05, 0) is 29.3 Å². The first-order valence-electron chi connectivity index (χ1n) is 9.74. The minimum atomic E-state index is -0.561. The lowest BCUT2D eigenvalue weighted by molar-refractivity contribution is -0.116. The Hall–Kier alpha value is -3.30. The lowest BCUT2D eigenvalue weighted by Crippen LogP contribution is -2.37. The van der Waals surface area contributed by atoms with Crippen LogP contribution < -0.4 is 16.6 Å². The summed E-state index contributed by atoms with van der Waals surface area (Å²) in [5, 5.41) is 2.85. The second-order valence-electron chi connectivity index (χ2n) is 7.16. The fraction of sp³-hybridized carbons (Fsp3) is 0.182. The first-order chi connectivity index (χ1) is 15.4. The Labute approximate surface area is 192 Å². The van der Waals surface area contributed by atoms with Gasteiger partial charge in [0.2, 0.25) is 11.2 Å². The first-order valence-corrected chi connectivity index (χ1v) is 11.1. The average Bonchev–Trinajstić information content (AvgIpc) is 3.12. The molecule has 2 heterocycles. The molecule has 2 aromatic heterocycles. The van der Waals surface area contributed by atoms with Crippen molar-refractivity contribution >= 4 is 46.1 Å². The number of thioether (sulfide) groups is 1. The number of halogens is 1. The maximum Gasteiger partial charge on any atom is 0.332 e. The number of rotatable bonds is 6. The van der Waals surface area contributed by atoms with E-state index in [0.29, 0.717) is 5.69 Å². The summed E-state index contributed by atoms with van der Waals surface area (Å²) in [6.07, 6.45) is 0. The highest BCUT2D eigenvalue weighted by Gasteiger charge is 2.20. The number of nitrogens with one attached hydrogen (secondary N) is 1. The van der Waals surface area contributed by atoms with Gasteiger partial charge in [-0.25, -0.2) is 4.79 Å². The monoisotopic (exact) mass is 469 g/mol. The summed E-state index contributed by atoms with van der Waals surface area (Å²) in [5.41, 5.74) is 0.999. The standard InChI is InChI=1S/C22H20ClN5O3S/c1-26-19-18(20(30)27(2)22(26)31)28(21(23)25-19)12-17(29)24-15-10-6-7-11-16(15)32-13-14-8-4-3-5-9-14/h3-11H,12-13H2,1-2H3,(H,24,29). The summed E-state index contributed by atoms with van der Waals surface area (Å²) in [4.78, 5) is 42.7. The van der Waals surface area contributed by atoms with Crippen LogP contribution in [0.25, 0.3) is 11.2 Å². The molecule has 0 atom stereocenters. The van der Waals surface area contributed by atoms with Crippen LogP contribution in [0.2, 0.25) is 5.28 Å². The highest BCUT2D eigenvalue weighted by molar-refractivity contribution is 7.98. The number of amides is 1. The Morgan fingerprint density at radius 2 is 1.72 bits per heavy atom. The van der Waals surface area contributed by atoms with Crippen LogP contribution in [0.3, 0.4) is 0 Å². The summed E-state index contributed by atoms with van der Waals surface area (Å²) in [6, 6.07) is 17.6. The van der Waals surface area contributed by atoms with E-state index in [2.05, 4.69) is 10.3 Å². The molecular weight excluding hydrogens is 450 g/mol. The highest BCUT2D eigenvalue weighted by atomic mass is 35.5. The van der Waals surface area contributed by atoms with Gasteiger partial charge in [0.05, 0.1) is 5.69 Å². The van der Waals surface area contributed by atoms with Gasteiger partial charge in [-0.1, -0.05) is 42.5 Å². The van der Waals surface area contributed by atoms with Crippen molar-refractivity contribution in [2.75, 3.05) is 5.32 Å². The van der Waals surface area contributed by atoms with Gasteiger partial charge in [-0.2, -0.15) is 4.98 Å². The fourth-order valence-corrected chi connectivity index (χ4v) is 4.52. The predicted octanol–water partition coefficient (Wildman–Crippen LogP) is 3.02. The Morgan fingerprint density at radius 1 is 1.03 bits per heavy atom. The van der Waals surface area contributed by atoms with Crippen LogP contribution >= 0.6 is 23.4 Å². The number of nitrogens with zero attached hydrogens (tertiary/aromatic N) is 4. The fourth-order valence-electron chi connectivity index (χ4n) is 3.33. The van der Waals surface area contributed by atoms with E-state index in [9.17, 15) is 14.4 Å². The Bertz CT molecular complexity index is 1430. The summed E-state index contributed by atoms with van der Waals surface area (Å²) < 4.78 is 3.50. The number of carbonyl (C=O) groups excluding carboxylic acids is 1. The van der Waals surface area contributed by atoms with E-state index in [-0.39, 0.29) is 28.9 Å². The van der Waals surface area contributed by atoms with Crippen molar-refractivity contribution in [2.24, 2.45) is 14.1 Å². The number of hydrogen-bond donors (Lipinski definition) is 1. The molecule has 4 rings (SSSR count). The van der Waals surface area contributed by atoms with Gasteiger partial charge in [-0.15, -0.1) is 11.8 Å². The molecule has 0 bridgehead atoms. The van der Waals surface area contributed by atoms with Gasteiger partial charge in [0.1, 0.15) is 6.54 Å². The van der Waals surface area contributed by atoms with E-state index < -0.39 is 11.2 Å². The van der Waals surface area contributed by atoms with Gasteiger partial charge in [0, 0.05) is 24.7 Å². The Kier molecular flexibility index (Phi) is 6.20. The third kappa shape index (κ3) is 4.21. The molecule has 0 saturated carbocycles. The molecule has 0 aliphatic heterocycles. The number of anilines is 1. The zero-order valence-corrected chi connectivity index (χ0v) is 19.0. The number of aromatic nitrogens is 4. The van der Waals surface area contributed by atoms with Crippen LogP contribution in [0.5, 0.6) is 0 Å². The summed E-state index contributed by atoms with van der Waals surface area (Å²) in [6.45, 7) is -0.222. The van der Waals surface area contributed by atoms with Crippen LogP contribution in [-0.2, 0) is 31.2 Å². The molecule has 0 spiro atoms. The molecule has 0 saturated heterocycles. The van der Waals surface area contributed by atoms with Gasteiger partial charge in [-0.3, -0.25) is 23.3 Å². The number of carbonyl (C=O) groups is 1. The second-order valence-corrected chi connectivity index (χ2v) is 8.52. The molecule has 32 heavy (non-hydrogen) atoms. The van der Waals surface area contributed by atoms with Gasteiger partial charge < -0.3 is 5.32 Å². The van der Waals surface area contributed by atoms with E-state index >= 15 is 0 Å². The van der Waals surface area contributed by atoms with Crippen molar-refractivity contribution in [3.63, 3.8) is 0 Å². The van der Waals surface area contributed by atoms with Crippen molar-refractivity contribution in [1.29, 1.82) is 0 Å². The Morgan fingerprint density at radius 3 is 2.47 bits per heavy atom. The summed E-state index contributed by atoms with van der Waals surface area (Å²) >= 11 is 7.83. The van der Waals surface area contributed by atoms with Crippen LogP contribution in [0, 0.1) is 0 Å². The third-order valence-electron chi connectivity index (χ3n) is 5.00. The molecule has 0 radical (unpaired) electrons. The number of aryl methyl sites for hydroxylation is 1. The minimum absolute atomic E-state index is 0.0415. The van der Waals surface area contributed by atoms with E-state index in [1.54, 1.807) is 11.8 Å². The molecular formula is C22H20ClN5O3S. The molecule has 164 valence electrons. The SMILES string of the molecule is Cn1c(=O)c2c(nc(Cl)n2CC(=O)Nc2ccccc2SCc2ccccc2)n(C)c1=O. The van der Waals surface area contributed by atoms with Crippen molar-refractivity contribution in [1.82, 2.24) is 18.7 Å². The van der Waals surface area contributed by atoms with E-state index in [4.69, 9.17) is 11.6 Å². The van der Waals surface area contributed by atoms with Crippen LogP contribution in [0.1, 0.15) is 5.56 Å². The maximum absolute atomic E-state index is 12.8. The maximum atomic E-state index is 12.8. The normalized spacial score (nSPS) is 11.1. The average molecular weight is 470 g/mol. The van der Waals surface area contributed by atoms with Crippen molar-refractivity contribution < 1.29 is 4.79 Å². The van der Waals surface area contributed by atoms with Crippen LogP contribution in [-0.4, -0.2) is 24.6 Å². The van der Waals surface area contributed by atoms with Crippen LogP contribution in [0.15, 0.2) is 69.1 Å². The molecule has 0 aliphatic carbocycles. The molecule has 2 aromatic carbocycles. The van der Waals surface area contributed by atoms with E-state index in [1.165, 1.54) is 28.8 Å². The zero-order chi connectivity index (χ0) is 22.8. The highest BCUT2D eigenvalue weighted by Crippen LogP contribution is 2.30. The number of benzene rings is 2. The molecule has 10 heteroatoms. The van der Waals surface area contributed by atoms with Gasteiger partial charge in [0.15, 0.2) is 11.2 Å². The zero-order valence-electron chi connectivity index (χ0n) is 17.4. The van der Waals surface area contributed by atoms with Crippen molar-refractivity contribution in [3.05, 3.63) is 86.3 Å². The quantitative estimate of drug-likeness (QED) is 0.346. The summed E-state index contributed by atoms with van der Waals surface area (Å²) in [5.74, 6) is 0.394. The van der Waals surface area contributed by atoms with Crippen LogP contribution in [0.4, 0.5) is 5.69 Å². The predicted molar refractivity (Wildman–Crippen MR) is 126 cm³/mol. The molecule has 0 unspecified atom stereocenters. The Balaban J connectivity index is 1.58. The number of para-hydroxylation sites is 1. The van der Waals surface area contributed by atoms with Crippen molar-refractivity contribution in [3.8, 4) is 0 Å². The second kappa shape index (κ2) is 9.05. The molecule has 1 amide bonds. The van der Waals surface area contributed by atoms with E-state index in [1.807, 2.05) is 54.6 Å². The minimum Gasteiger partial charge on any atom is -0.324 e. The first kappa shape index (κ1) is 21.9.